The summed E-state index contributed by atoms with van der Waals surface area (Å²) in [5.41, 5.74) is 0. The molecule has 142 valence electrons. The van der Waals surface area contributed by atoms with Crippen molar-refractivity contribution in [1.82, 2.24) is 9.62 Å². The maximum absolute atomic E-state index is 12.7. The maximum atomic E-state index is 12.7. The van der Waals surface area contributed by atoms with Crippen LogP contribution in [0.1, 0.15) is 25.7 Å². The first-order valence-corrected chi connectivity index (χ1v) is 11.1. The van der Waals surface area contributed by atoms with Gasteiger partial charge in [0.25, 0.3) is 0 Å². The smallest absolute Gasteiger partial charge is 0.243 e. The fraction of sp³-hybridized carbons (Fsp3) is 0.600. The van der Waals surface area contributed by atoms with E-state index < -0.39 is 20.0 Å². The van der Waals surface area contributed by atoms with Crippen LogP contribution in [0.15, 0.2) is 34.1 Å². The number of rotatable bonds is 6. The van der Waals surface area contributed by atoms with E-state index in [9.17, 15) is 16.8 Å². The Morgan fingerprint density at radius 2 is 1.64 bits per heavy atom. The second-order valence-corrected chi connectivity index (χ2v) is 10.0. The molecule has 1 aromatic rings. The van der Waals surface area contributed by atoms with Crippen LogP contribution in [0.25, 0.3) is 0 Å². The van der Waals surface area contributed by atoms with Gasteiger partial charge in [-0.15, -0.1) is 12.4 Å². The molecule has 7 nitrogen and oxygen atoms in total. The number of benzene rings is 1. The largest absolute Gasteiger partial charge is 0.314 e. The molecule has 1 aliphatic carbocycles. The van der Waals surface area contributed by atoms with E-state index in [2.05, 4.69) is 5.32 Å². The topological polar surface area (TPSA) is 110 Å². The van der Waals surface area contributed by atoms with Gasteiger partial charge in [0.05, 0.1) is 9.79 Å². The molecule has 1 aromatic carbocycles. The molecule has 0 unspecified atom stereocenters. The van der Waals surface area contributed by atoms with Gasteiger partial charge in [-0.2, -0.15) is 4.31 Å². The van der Waals surface area contributed by atoms with E-state index >= 15 is 0 Å². The van der Waals surface area contributed by atoms with Crippen LogP contribution in [-0.2, 0) is 20.0 Å². The van der Waals surface area contributed by atoms with Crippen LogP contribution < -0.4 is 10.5 Å². The third-order valence-corrected chi connectivity index (χ3v) is 7.42. The molecule has 0 amide bonds. The Morgan fingerprint density at radius 1 is 1.04 bits per heavy atom. The minimum absolute atomic E-state index is 0. The van der Waals surface area contributed by atoms with E-state index in [1.807, 2.05) is 0 Å². The zero-order chi connectivity index (χ0) is 17.4. The second-order valence-electron chi connectivity index (χ2n) is 6.55. The summed E-state index contributed by atoms with van der Waals surface area (Å²) in [5, 5.41) is 8.59. The number of sulfonamides is 2. The fourth-order valence-electron chi connectivity index (χ4n) is 2.92. The molecule has 1 heterocycles. The Kier molecular flexibility index (Phi) is 6.50. The van der Waals surface area contributed by atoms with Crippen molar-refractivity contribution >= 4 is 32.5 Å². The van der Waals surface area contributed by atoms with Crippen molar-refractivity contribution in [3.63, 3.8) is 0 Å². The highest BCUT2D eigenvalue weighted by atomic mass is 35.5. The van der Waals surface area contributed by atoms with Gasteiger partial charge in [-0.25, -0.2) is 22.0 Å². The first kappa shape index (κ1) is 20.6. The van der Waals surface area contributed by atoms with Gasteiger partial charge in [-0.3, -0.25) is 0 Å². The average molecular weight is 410 g/mol. The monoisotopic (exact) mass is 409 g/mol. The summed E-state index contributed by atoms with van der Waals surface area (Å²) in [4.78, 5) is -0.219. The van der Waals surface area contributed by atoms with Gasteiger partial charge in [-0.05, 0) is 56.3 Å². The van der Waals surface area contributed by atoms with E-state index in [0.29, 0.717) is 19.1 Å². The van der Waals surface area contributed by atoms with Gasteiger partial charge in [0.1, 0.15) is 0 Å². The van der Waals surface area contributed by atoms with Crippen molar-refractivity contribution in [2.45, 2.75) is 41.5 Å². The summed E-state index contributed by atoms with van der Waals surface area (Å²) < 4.78 is 49.7. The molecule has 2 aliphatic rings. The molecular formula is C15H24ClN3O4S2. The summed E-state index contributed by atoms with van der Waals surface area (Å²) in [7, 11) is -7.63. The Morgan fingerprint density at radius 3 is 2.20 bits per heavy atom. The van der Waals surface area contributed by atoms with E-state index in [0.717, 1.165) is 31.4 Å². The Labute approximate surface area is 155 Å². The quantitative estimate of drug-likeness (QED) is 0.725. The molecule has 0 aromatic heterocycles. The summed E-state index contributed by atoms with van der Waals surface area (Å²) in [6.45, 7) is 1.89. The molecule has 0 spiro atoms. The number of nitrogens with one attached hydrogen (secondary N) is 1. The first-order valence-electron chi connectivity index (χ1n) is 8.13. The summed E-state index contributed by atoms with van der Waals surface area (Å²) in [6, 6.07) is 5.58. The van der Waals surface area contributed by atoms with Gasteiger partial charge in [0, 0.05) is 19.1 Å². The van der Waals surface area contributed by atoms with E-state index in [1.165, 1.54) is 35.3 Å². The molecule has 1 saturated heterocycles. The van der Waals surface area contributed by atoms with Gasteiger partial charge in [0.2, 0.25) is 20.0 Å². The minimum atomic E-state index is -3.93. The molecule has 1 aliphatic heterocycles. The van der Waals surface area contributed by atoms with Crippen molar-refractivity contribution in [2.75, 3.05) is 19.6 Å². The van der Waals surface area contributed by atoms with Crippen LogP contribution >= 0.6 is 12.4 Å². The number of piperidine rings is 1. The number of primary sulfonamides is 1. The third-order valence-electron chi connectivity index (χ3n) is 4.62. The van der Waals surface area contributed by atoms with Crippen LogP contribution in [0.2, 0.25) is 0 Å². The van der Waals surface area contributed by atoms with E-state index in [-0.39, 0.29) is 22.2 Å². The predicted octanol–water partition coefficient (Wildman–Crippen LogP) is 0.908. The summed E-state index contributed by atoms with van der Waals surface area (Å²) >= 11 is 0. The van der Waals surface area contributed by atoms with Gasteiger partial charge in [-0.1, -0.05) is 6.07 Å². The van der Waals surface area contributed by atoms with Crippen LogP contribution in [0, 0.1) is 5.92 Å². The number of hydrogen-bond donors (Lipinski definition) is 2. The standard InChI is InChI=1S/C15H23N3O4S2.ClH/c16-23(19,20)14-2-1-3-15(10-14)24(21,22)18-8-6-13(7-9-18)17-11-12-4-5-12;/h1-3,10,12-13,17H,4-9,11H2,(H2,16,19,20);1H. The third kappa shape index (κ3) is 5.15. The molecule has 3 N–H and O–H groups in total. The van der Waals surface area contributed by atoms with Crippen LogP contribution in [0.5, 0.6) is 0 Å². The zero-order valence-corrected chi connectivity index (χ0v) is 16.2. The molecular weight excluding hydrogens is 386 g/mol. The highest BCUT2D eigenvalue weighted by Crippen LogP contribution is 2.28. The SMILES string of the molecule is Cl.NS(=O)(=O)c1cccc(S(=O)(=O)N2CCC(NCC3CC3)CC2)c1. The zero-order valence-electron chi connectivity index (χ0n) is 13.8. The molecule has 10 heteroatoms. The van der Waals surface area contributed by atoms with Gasteiger partial charge < -0.3 is 5.32 Å². The number of nitrogens with two attached hydrogens (primary N) is 1. The van der Waals surface area contributed by atoms with E-state index in [4.69, 9.17) is 5.14 Å². The molecule has 25 heavy (non-hydrogen) atoms. The summed E-state index contributed by atoms with van der Waals surface area (Å²) in [6.07, 6.45) is 4.11. The molecule has 3 rings (SSSR count). The second kappa shape index (κ2) is 7.89. The van der Waals surface area contributed by atoms with Crippen LogP contribution in [0.3, 0.4) is 0 Å². The highest BCUT2D eigenvalue weighted by molar-refractivity contribution is 7.90. The van der Waals surface area contributed by atoms with Crippen molar-refractivity contribution < 1.29 is 16.8 Å². The molecule has 1 saturated carbocycles. The van der Waals surface area contributed by atoms with Gasteiger partial charge >= 0.3 is 0 Å². The highest BCUT2D eigenvalue weighted by Gasteiger charge is 2.30. The van der Waals surface area contributed by atoms with Crippen molar-refractivity contribution in [1.29, 1.82) is 0 Å². The Bertz CT molecular complexity index is 802. The number of halogens is 1. The number of nitrogens with zero attached hydrogens (tertiary/aromatic N) is 1. The lowest BCUT2D eigenvalue weighted by Gasteiger charge is -2.31. The van der Waals surface area contributed by atoms with Crippen molar-refractivity contribution in [2.24, 2.45) is 11.1 Å². The van der Waals surface area contributed by atoms with Gasteiger partial charge in [0.15, 0.2) is 0 Å². The predicted molar refractivity (Wildman–Crippen MR) is 97.6 cm³/mol. The summed E-state index contributed by atoms with van der Waals surface area (Å²) in [5.74, 6) is 0.799. The molecule has 0 bridgehead atoms. The Balaban J connectivity index is 0.00000225. The molecule has 0 radical (unpaired) electrons. The number of hydrogen-bond acceptors (Lipinski definition) is 5. The Hall–Kier alpha value is -0.710. The lowest BCUT2D eigenvalue weighted by Crippen LogP contribution is -2.45. The van der Waals surface area contributed by atoms with Crippen LogP contribution in [-0.4, -0.2) is 46.8 Å². The van der Waals surface area contributed by atoms with Crippen LogP contribution in [0.4, 0.5) is 0 Å². The maximum Gasteiger partial charge on any atom is 0.243 e. The normalized spacial score (nSPS) is 20.2. The van der Waals surface area contributed by atoms with Crippen molar-refractivity contribution in [3.8, 4) is 0 Å². The lowest BCUT2D eigenvalue weighted by atomic mass is 10.1. The lowest BCUT2D eigenvalue weighted by molar-refractivity contribution is 0.288. The molecule has 0 atom stereocenters. The average Bonchev–Trinajstić information content (AvgIpc) is 3.37. The van der Waals surface area contributed by atoms with Crippen molar-refractivity contribution in [3.05, 3.63) is 24.3 Å². The molecule has 2 fully saturated rings. The fourth-order valence-corrected chi connectivity index (χ4v) is 5.07. The first-order chi connectivity index (χ1) is 11.3. The minimum Gasteiger partial charge on any atom is -0.314 e. The van der Waals surface area contributed by atoms with E-state index in [1.54, 1.807) is 0 Å².